The second kappa shape index (κ2) is 6.41. The number of rotatable bonds is 4. The second-order valence-corrected chi connectivity index (χ2v) is 4.92. The van der Waals surface area contributed by atoms with Crippen molar-refractivity contribution in [3.8, 4) is 0 Å². The highest BCUT2D eigenvalue weighted by atomic mass is 35.5. The summed E-state index contributed by atoms with van der Waals surface area (Å²) in [7, 11) is 0. The molecule has 20 heavy (non-hydrogen) atoms. The van der Waals surface area contributed by atoms with E-state index in [0.29, 0.717) is 6.42 Å². The van der Waals surface area contributed by atoms with Crippen molar-refractivity contribution in [2.24, 2.45) is 11.7 Å². The standard InChI is InChI=1S/C12H12ClF3N2OS/c1-2-7(10(17)20)11(19)18-9-4-3-6(5-8(9)13)12(14,15)16/h3-5,7H,2H2,1H3,(H2,17,20)(H,18,19). The lowest BCUT2D eigenvalue weighted by molar-refractivity contribution is -0.137. The Hall–Kier alpha value is -1.34. The number of anilines is 1. The molecule has 0 spiro atoms. The minimum absolute atomic E-state index is 0.0213. The Balaban J connectivity index is 2.94. The van der Waals surface area contributed by atoms with Crippen LogP contribution in [0.2, 0.25) is 5.02 Å². The molecule has 110 valence electrons. The summed E-state index contributed by atoms with van der Waals surface area (Å²) in [4.78, 5) is 11.9. The fraction of sp³-hybridized carbons (Fsp3) is 0.333. The van der Waals surface area contributed by atoms with Crippen molar-refractivity contribution < 1.29 is 18.0 Å². The molecule has 1 aromatic carbocycles. The number of benzene rings is 1. The smallest absolute Gasteiger partial charge is 0.393 e. The molecular weight excluding hydrogens is 313 g/mol. The van der Waals surface area contributed by atoms with E-state index in [1.54, 1.807) is 6.92 Å². The van der Waals surface area contributed by atoms with Crippen LogP contribution in [0.4, 0.5) is 18.9 Å². The molecule has 0 aliphatic rings. The average molecular weight is 325 g/mol. The number of carbonyl (C=O) groups is 1. The zero-order valence-corrected chi connectivity index (χ0v) is 12.0. The van der Waals surface area contributed by atoms with Gasteiger partial charge in [0.2, 0.25) is 5.91 Å². The molecule has 1 amide bonds. The SMILES string of the molecule is CCC(C(=O)Nc1ccc(C(F)(F)F)cc1Cl)C(N)=S. The molecule has 0 radical (unpaired) electrons. The number of nitrogens with one attached hydrogen (secondary N) is 1. The number of amides is 1. The molecule has 0 bridgehead atoms. The summed E-state index contributed by atoms with van der Waals surface area (Å²) in [5.74, 6) is -1.19. The van der Waals surface area contributed by atoms with E-state index in [1.165, 1.54) is 0 Å². The summed E-state index contributed by atoms with van der Waals surface area (Å²) in [6.45, 7) is 1.72. The monoisotopic (exact) mass is 324 g/mol. The van der Waals surface area contributed by atoms with Crippen molar-refractivity contribution in [3.05, 3.63) is 28.8 Å². The molecule has 1 aromatic rings. The van der Waals surface area contributed by atoms with E-state index in [9.17, 15) is 18.0 Å². The fourth-order valence-corrected chi connectivity index (χ4v) is 2.03. The van der Waals surface area contributed by atoms with E-state index in [1.807, 2.05) is 0 Å². The molecule has 0 saturated carbocycles. The maximum absolute atomic E-state index is 12.5. The lowest BCUT2D eigenvalue weighted by Gasteiger charge is -2.15. The van der Waals surface area contributed by atoms with Crippen LogP contribution in [0.15, 0.2) is 18.2 Å². The minimum atomic E-state index is -4.49. The first-order chi connectivity index (χ1) is 9.16. The van der Waals surface area contributed by atoms with Crippen LogP contribution in [0, 0.1) is 5.92 Å². The zero-order valence-electron chi connectivity index (χ0n) is 10.4. The van der Waals surface area contributed by atoms with E-state index in [0.717, 1.165) is 18.2 Å². The van der Waals surface area contributed by atoms with Crippen LogP contribution in [0.3, 0.4) is 0 Å². The van der Waals surface area contributed by atoms with Crippen molar-refractivity contribution in [1.29, 1.82) is 0 Å². The normalized spacial score (nSPS) is 12.8. The van der Waals surface area contributed by atoms with Crippen molar-refractivity contribution in [3.63, 3.8) is 0 Å². The number of halogens is 4. The number of nitrogens with two attached hydrogens (primary N) is 1. The van der Waals surface area contributed by atoms with Gasteiger partial charge in [-0.05, 0) is 24.6 Å². The van der Waals surface area contributed by atoms with Crippen LogP contribution in [0.5, 0.6) is 0 Å². The molecule has 0 saturated heterocycles. The Morgan fingerprint density at radius 1 is 1.50 bits per heavy atom. The van der Waals surface area contributed by atoms with E-state index in [-0.39, 0.29) is 15.7 Å². The van der Waals surface area contributed by atoms with E-state index in [4.69, 9.17) is 29.6 Å². The lowest BCUT2D eigenvalue weighted by Crippen LogP contribution is -2.32. The third kappa shape index (κ3) is 4.08. The Labute approximate surface area is 124 Å². The zero-order chi connectivity index (χ0) is 15.5. The molecule has 0 aliphatic heterocycles. The molecule has 3 N–H and O–H groups in total. The van der Waals surface area contributed by atoms with Crippen LogP contribution in [-0.2, 0) is 11.0 Å². The second-order valence-electron chi connectivity index (χ2n) is 4.04. The van der Waals surface area contributed by atoms with Crippen LogP contribution < -0.4 is 11.1 Å². The third-order valence-electron chi connectivity index (χ3n) is 2.62. The summed E-state index contributed by atoms with van der Waals surface area (Å²) in [6, 6.07) is 2.68. The molecule has 0 fully saturated rings. The third-order valence-corrected chi connectivity index (χ3v) is 3.22. The van der Waals surface area contributed by atoms with Gasteiger partial charge in [-0.2, -0.15) is 13.2 Å². The van der Waals surface area contributed by atoms with Crippen LogP contribution in [0.25, 0.3) is 0 Å². The number of alkyl halides is 3. The quantitative estimate of drug-likeness (QED) is 0.832. The van der Waals surface area contributed by atoms with Gasteiger partial charge in [0.15, 0.2) is 0 Å². The van der Waals surface area contributed by atoms with Gasteiger partial charge in [-0.15, -0.1) is 0 Å². The number of thiocarbonyl (C=S) groups is 1. The highest BCUT2D eigenvalue weighted by molar-refractivity contribution is 7.80. The maximum Gasteiger partial charge on any atom is 0.416 e. The molecule has 8 heteroatoms. The Bertz CT molecular complexity index is 534. The molecule has 1 rings (SSSR count). The van der Waals surface area contributed by atoms with Crippen molar-refractivity contribution >= 4 is 40.4 Å². The average Bonchev–Trinajstić information content (AvgIpc) is 2.30. The van der Waals surface area contributed by atoms with E-state index < -0.39 is 23.6 Å². The molecule has 0 aromatic heterocycles. The summed E-state index contributed by atoms with van der Waals surface area (Å²) < 4.78 is 37.4. The number of hydrogen-bond donors (Lipinski definition) is 2. The van der Waals surface area contributed by atoms with E-state index >= 15 is 0 Å². The van der Waals surface area contributed by atoms with Gasteiger partial charge in [-0.3, -0.25) is 4.79 Å². The van der Waals surface area contributed by atoms with Crippen LogP contribution in [-0.4, -0.2) is 10.9 Å². The largest absolute Gasteiger partial charge is 0.416 e. The van der Waals surface area contributed by atoms with E-state index in [2.05, 4.69) is 5.32 Å². The predicted molar refractivity (Wildman–Crippen MR) is 75.7 cm³/mol. The Morgan fingerprint density at radius 2 is 2.10 bits per heavy atom. The molecule has 1 unspecified atom stereocenters. The fourth-order valence-electron chi connectivity index (χ4n) is 1.53. The van der Waals surface area contributed by atoms with Gasteiger partial charge in [0, 0.05) is 0 Å². The predicted octanol–water partition coefficient (Wildman–Crippen LogP) is 3.61. The van der Waals surface area contributed by atoms with Gasteiger partial charge >= 0.3 is 6.18 Å². The van der Waals surface area contributed by atoms with Gasteiger partial charge in [0.25, 0.3) is 0 Å². The summed E-state index contributed by atoms with van der Waals surface area (Å²) in [6.07, 6.45) is -4.10. The number of carbonyl (C=O) groups excluding carboxylic acids is 1. The maximum atomic E-state index is 12.5. The topological polar surface area (TPSA) is 55.1 Å². The van der Waals surface area contributed by atoms with Crippen molar-refractivity contribution in [2.75, 3.05) is 5.32 Å². The minimum Gasteiger partial charge on any atom is -0.393 e. The lowest BCUT2D eigenvalue weighted by atomic mass is 10.1. The Morgan fingerprint density at radius 3 is 2.50 bits per heavy atom. The highest BCUT2D eigenvalue weighted by Gasteiger charge is 2.31. The van der Waals surface area contributed by atoms with Gasteiger partial charge in [0.05, 0.1) is 27.2 Å². The first-order valence-corrected chi connectivity index (χ1v) is 6.42. The van der Waals surface area contributed by atoms with Gasteiger partial charge in [0.1, 0.15) is 0 Å². The highest BCUT2D eigenvalue weighted by Crippen LogP contribution is 2.33. The van der Waals surface area contributed by atoms with Gasteiger partial charge in [-0.1, -0.05) is 30.7 Å². The molecule has 0 aliphatic carbocycles. The molecular formula is C12H12ClF3N2OS. The molecule has 3 nitrogen and oxygen atoms in total. The number of hydrogen-bond acceptors (Lipinski definition) is 2. The first-order valence-electron chi connectivity index (χ1n) is 5.63. The summed E-state index contributed by atoms with van der Waals surface area (Å²) in [5, 5.41) is 2.21. The summed E-state index contributed by atoms with van der Waals surface area (Å²) in [5.41, 5.74) is 4.61. The Kier molecular flexibility index (Phi) is 5.35. The summed E-state index contributed by atoms with van der Waals surface area (Å²) >= 11 is 10.5. The van der Waals surface area contributed by atoms with Gasteiger partial charge < -0.3 is 11.1 Å². The van der Waals surface area contributed by atoms with Crippen molar-refractivity contribution in [1.82, 2.24) is 0 Å². The first kappa shape index (κ1) is 16.7. The van der Waals surface area contributed by atoms with Crippen LogP contribution in [0.1, 0.15) is 18.9 Å². The molecule has 1 atom stereocenters. The van der Waals surface area contributed by atoms with Crippen LogP contribution >= 0.6 is 23.8 Å². The molecule has 0 heterocycles. The van der Waals surface area contributed by atoms with Gasteiger partial charge in [-0.25, -0.2) is 0 Å². The van der Waals surface area contributed by atoms with Crippen molar-refractivity contribution in [2.45, 2.75) is 19.5 Å².